The number of methoxy groups -OCH3 is 1. The summed E-state index contributed by atoms with van der Waals surface area (Å²) in [5.74, 6) is -0.0795. The Morgan fingerprint density at radius 1 is 1.19 bits per heavy atom. The van der Waals surface area contributed by atoms with Gasteiger partial charge in [0.25, 0.3) is 5.91 Å². The van der Waals surface area contributed by atoms with Crippen LogP contribution in [0.1, 0.15) is 12.0 Å². The van der Waals surface area contributed by atoms with E-state index in [9.17, 15) is 18.0 Å². The van der Waals surface area contributed by atoms with Crippen LogP contribution >= 0.6 is 0 Å². The number of hydrogen-bond acceptors (Lipinski definition) is 6. The zero-order valence-electron chi connectivity index (χ0n) is 14.6. The molecule has 0 spiro atoms. The maximum absolute atomic E-state index is 12.6. The van der Waals surface area contributed by atoms with Crippen molar-refractivity contribution >= 4 is 27.5 Å². The molecule has 1 heterocycles. The molecule has 1 fully saturated rings. The molecule has 2 amide bonds. The zero-order chi connectivity index (χ0) is 19.6. The van der Waals surface area contributed by atoms with E-state index in [2.05, 4.69) is 5.32 Å². The summed E-state index contributed by atoms with van der Waals surface area (Å²) in [6, 6.07) is 12.1. The van der Waals surface area contributed by atoms with E-state index >= 15 is 0 Å². The number of amides is 2. The van der Waals surface area contributed by atoms with Gasteiger partial charge >= 0.3 is 0 Å². The first-order valence-corrected chi connectivity index (χ1v) is 9.70. The Morgan fingerprint density at radius 2 is 1.89 bits per heavy atom. The van der Waals surface area contributed by atoms with Crippen LogP contribution in [0.5, 0.6) is 5.75 Å². The highest BCUT2D eigenvalue weighted by atomic mass is 32.2. The Balaban J connectivity index is 1.68. The number of ether oxygens (including phenoxy) is 1. The van der Waals surface area contributed by atoms with Gasteiger partial charge in [0.05, 0.1) is 30.2 Å². The van der Waals surface area contributed by atoms with Crippen LogP contribution < -0.4 is 20.1 Å². The number of benzene rings is 2. The molecule has 2 aromatic carbocycles. The second kappa shape index (κ2) is 7.47. The third kappa shape index (κ3) is 4.16. The molecule has 0 unspecified atom stereocenters. The molecular formula is C18H19N3O5S. The molecule has 9 heteroatoms. The number of primary sulfonamides is 1. The maximum atomic E-state index is 12.6. The number of carbonyl (C=O) groups excluding carboxylic acids is 2. The monoisotopic (exact) mass is 389 g/mol. The molecule has 0 aliphatic carbocycles. The van der Waals surface area contributed by atoms with Crippen LogP contribution in [0.4, 0.5) is 5.69 Å². The van der Waals surface area contributed by atoms with Gasteiger partial charge in [0, 0.05) is 12.6 Å². The fraction of sp³-hybridized carbons (Fsp3) is 0.222. The Hall–Kier alpha value is -2.75. The Kier molecular flexibility index (Phi) is 5.26. The molecule has 1 aliphatic heterocycles. The van der Waals surface area contributed by atoms with E-state index in [0.29, 0.717) is 18.0 Å². The third-order valence-corrected chi connectivity index (χ3v) is 5.19. The van der Waals surface area contributed by atoms with Crippen LogP contribution in [0.25, 0.3) is 0 Å². The van der Waals surface area contributed by atoms with Gasteiger partial charge in [0.15, 0.2) is 0 Å². The SMILES string of the molecule is COc1cccc(N2C(=O)C[C@H](NCc3ccc(S(N)(=O)=O)cc3)C2=O)c1. The Bertz CT molecular complexity index is 973. The number of hydrogen-bond donors (Lipinski definition) is 2. The van der Waals surface area contributed by atoms with Gasteiger partial charge in [-0.1, -0.05) is 18.2 Å². The molecule has 27 heavy (non-hydrogen) atoms. The minimum atomic E-state index is -3.75. The van der Waals surface area contributed by atoms with Gasteiger partial charge in [-0.25, -0.2) is 18.5 Å². The van der Waals surface area contributed by atoms with E-state index in [-0.39, 0.29) is 23.1 Å². The summed E-state index contributed by atoms with van der Waals surface area (Å²) in [7, 11) is -2.23. The topological polar surface area (TPSA) is 119 Å². The lowest BCUT2D eigenvalue weighted by Gasteiger charge is -2.16. The summed E-state index contributed by atoms with van der Waals surface area (Å²) in [5, 5.41) is 8.11. The molecule has 2 aromatic rings. The Labute approximate surface area is 157 Å². The van der Waals surface area contributed by atoms with Crippen molar-refractivity contribution < 1.29 is 22.7 Å². The largest absolute Gasteiger partial charge is 0.497 e. The third-order valence-electron chi connectivity index (χ3n) is 4.26. The molecule has 3 N–H and O–H groups in total. The summed E-state index contributed by atoms with van der Waals surface area (Å²) in [6.07, 6.45) is 0.0469. The lowest BCUT2D eigenvalue weighted by molar-refractivity contribution is -0.121. The molecule has 1 aliphatic rings. The summed E-state index contributed by atoms with van der Waals surface area (Å²) in [6.45, 7) is 0.306. The molecule has 3 rings (SSSR count). The quantitative estimate of drug-likeness (QED) is 0.704. The first kappa shape index (κ1) is 19.0. The molecule has 142 valence electrons. The predicted octanol–water partition coefficient (Wildman–Crippen LogP) is 0.764. The van der Waals surface area contributed by atoms with Gasteiger partial charge in [-0.2, -0.15) is 0 Å². The molecule has 0 saturated carbocycles. The Morgan fingerprint density at radius 3 is 2.52 bits per heavy atom. The summed E-state index contributed by atoms with van der Waals surface area (Å²) in [5.41, 5.74) is 1.23. The van der Waals surface area contributed by atoms with E-state index in [1.54, 1.807) is 36.4 Å². The second-order valence-corrected chi connectivity index (χ2v) is 7.66. The average molecular weight is 389 g/mol. The molecule has 0 radical (unpaired) electrons. The van der Waals surface area contributed by atoms with Crippen LogP contribution in [0, 0.1) is 0 Å². The van der Waals surface area contributed by atoms with Crippen molar-refractivity contribution in [3.8, 4) is 5.75 Å². The molecule has 8 nitrogen and oxygen atoms in total. The molecule has 1 saturated heterocycles. The fourth-order valence-corrected chi connectivity index (χ4v) is 3.37. The lowest BCUT2D eigenvalue weighted by atomic mass is 10.2. The minimum absolute atomic E-state index is 0.0163. The molecule has 1 atom stereocenters. The average Bonchev–Trinajstić information content (AvgIpc) is 2.93. The molecular weight excluding hydrogens is 370 g/mol. The van der Waals surface area contributed by atoms with Crippen LogP contribution in [-0.2, 0) is 26.2 Å². The lowest BCUT2D eigenvalue weighted by Crippen LogP contribution is -2.38. The van der Waals surface area contributed by atoms with Crippen molar-refractivity contribution in [2.45, 2.75) is 23.9 Å². The molecule has 0 aromatic heterocycles. The highest BCUT2D eigenvalue weighted by Crippen LogP contribution is 2.26. The summed E-state index contributed by atoms with van der Waals surface area (Å²) < 4.78 is 27.7. The van der Waals surface area contributed by atoms with Crippen molar-refractivity contribution in [3.63, 3.8) is 0 Å². The normalized spacial score (nSPS) is 17.4. The van der Waals surface area contributed by atoms with Crippen molar-refractivity contribution in [1.29, 1.82) is 0 Å². The number of sulfonamides is 1. The number of anilines is 1. The van der Waals surface area contributed by atoms with E-state index in [0.717, 1.165) is 10.5 Å². The van der Waals surface area contributed by atoms with Crippen molar-refractivity contribution in [2.75, 3.05) is 12.0 Å². The van der Waals surface area contributed by atoms with Crippen LogP contribution in [-0.4, -0.2) is 33.4 Å². The van der Waals surface area contributed by atoms with Crippen LogP contribution in [0.2, 0.25) is 0 Å². The first-order chi connectivity index (χ1) is 12.8. The predicted molar refractivity (Wildman–Crippen MR) is 98.5 cm³/mol. The van der Waals surface area contributed by atoms with Gasteiger partial charge in [-0.05, 0) is 29.8 Å². The number of imide groups is 1. The van der Waals surface area contributed by atoms with Gasteiger partial charge in [-0.15, -0.1) is 0 Å². The maximum Gasteiger partial charge on any atom is 0.251 e. The second-order valence-electron chi connectivity index (χ2n) is 6.10. The number of nitrogens with two attached hydrogens (primary N) is 1. The summed E-state index contributed by atoms with van der Waals surface area (Å²) in [4.78, 5) is 26.1. The summed E-state index contributed by atoms with van der Waals surface area (Å²) >= 11 is 0. The van der Waals surface area contributed by atoms with Gasteiger partial charge in [-0.3, -0.25) is 9.59 Å². The first-order valence-electron chi connectivity index (χ1n) is 8.15. The van der Waals surface area contributed by atoms with Gasteiger partial charge in [0.1, 0.15) is 5.75 Å². The van der Waals surface area contributed by atoms with E-state index in [1.165, 1.54) is 19.2 Å². The molecule has 0 bridgehead atoms. The van der Waals surface area contributed by atoms with Crippen molar-refractivity contribution in [2.24, 2.45) is 5.14 Å². The standard InChI is InChI=1S/C18H19N3O5S/c1-26-14-4-2-3-13(9-14)21-17(22)10-16(18(21)23)20-11-12-5-7-15(8-6-12)27(19,24)25/h2-9,16,20H,10-11H2,1H3,(H2,19,24,25)/t16-/m0/s1. The number of rotatable bonds is 6. The van der Waals surface area contributed by atoms with Crippen molar-refractivity contribution in [3.05, 3.63) is 54.1 Å². The number of nitrogens with one attached hydrogen (secondary N) is 1. The van der Waals surface area contributed by atoms with Crippen LogP contribution in [0.3, 0.4) is 0 Å². The zero-order valence-corrected chi connectivity index (χ0v) is 15.4. The van der Waals surface area contributed by atoms with E-state index < -0.39 is 16.1 Å². The van der Waals surface area contributed by atoms with E-state index in [4.69, 9.17) is 9.88 Å². The highest BCUT2D eigenvalue weighted by Gasteiger charge is 2.39. The van der Waals surface area contributed by atoms with Gasteiger partial charge < -0.3 is 10.1 Å². The smallest absolute Gasteiger partial charge is 0.251 e. The number of nitrogens with zero attached hydrogens (tertiary/aromatic N) is 1. The number of carbonyl (C=O) groups is 2. The van der Waals surface area contributed by atoms with Crippen LogP contribution in [0.15, 0.2) is 53.4 Å². The van der Waals surface area contributed by atoms with Gasteiger partial charge in [0.2, 0.25) is 15.9 Å². The fourth-order valence-electron chi connectivity index (χ4n) is 2.85. The van der Waals surface area contributed by atoms with Crippen molar-refractivity contribution in [1.82, 2.24) is 5.32 Å². The minimum Gasteiger partial charge on any atom is -0.497 e. The highest BCUT2D eigenvalue weighted by molar-refractivity contribution is 7.89. The van der Waals surface area contributed by atoms with E-state index in [1.807, 2.05) is 0 Å².